The molecule has 0 N–H and O–H groups in total. The molecule has 0 aliphatic carbocycles. The van der Waals surface area contributed by atoms with Crippen molar-refractivity contribution in [2.24, 2.45) is 0 Å². The molecule has 0 radical (unpaired) electrons. The van der Waals surface area contributed by atoms with E-state index in [4.69, 9.17) is 30.8 Å². The van der Waals surface area contributed by atoms with E-state index in [0.717, 1.165) is 43.0 Å². The first-order valence-corrected chi connectivity index (χ1v) is 16.6. The van der Waals surface area contributed by atoms with Gasteiger partial charge in [-0.15, -0.1) is 0 Å². The number of nitrogens with zero attached hydrogens (tertiary/aromatic N) is 7. The van der Waals surface area contributed by atoms with Crippen LogP contribution in [0.2, 0.25) is 0 Å². The van der Waals surface area contributed by atoms with Crippen LogP contribution in [0.4, 0.5) is 16.3 Å². The number of aryl methyl sites for hydroxylation is 1. The Labute approximate surface area is 278 Å². The summed E-state index contributed by atoms with van der Waals surface area (Å²) in [4.78, 5) is 35.5. The van der Waals surface area contributed by atoms with E-state index < -0.39 is 5.60 Å². The fourth-order valence-corrected chi connectivity index (χ4v) is 7.12. The summed E-state index contributed by atoms with van der Waals surface area (Å²) in [5, 5.41) is 2.49. The largest absolute Gasteiger partial charge is 0.462 e. The summed E-state index contributed by atoms with van der Waals surface area (Å²) in [5.74, 6) is 0.840. The van der Waals surface area contributed by atoms with Gasteiger partial charge in [-0.05, 0) is 64.6 Å². The van der Waals surface area contributed by atoms with Gasteiger partial charge >= 0.3 is 12.1 Å². The number of rotatable bonds is 7. The molecule has 11 heteroatoms. The van der Waals surface area contributed by atoms with Crippen molar-refractivity contribution in [2.75, 3.05) is 69.8 Å². The average Bonchev–Trinajstić information content (AvgIpc) is 3.41. The molecule has 0 spiro atoms. The monoisotopic (exact) mass is 641 g/mol. The van der Waals surface area contributed by atoms with Gasteiger partial charge in [0.05, 0.1) is 18.3 Å². The number of hydrogen-bond donors (Lipinski definition) is 0. The number of amides is 1. The molecule has 0 saturated carbocycles. The summed E-state index contributed by atoms with van der Waals surface area (Å²) in [6, 6.07) is 13.2. The van der Waals surface area contributed by atoms with Crippen molar-refractivity contribution in [1.29, 1.82) is 0 Å². The normalized spacial score (nSPS) is 21.9. The number of fused-ring (bicyclic) bond motifs is 2. The van der Waals surface area contributed by atoms with E-state index in [9.17, 15) is 4.79 Å². The third-order valence-electron chi connectivity index (χ3n) is 9.55. The topological polar surface area (TPSA) is 87.9 Å². The van der Waals surface area contributed by atoms with Crippen molar-refractivity contribution >= 4 is 28.4 Å². The quantitative estimate of drug-likeness (QED) is 0.333. The lowest BCUT2D eigenvalue weighted by molar-refractivity contribution is 0.0155. The molecule has 1 amide bonds. The molecule has 6 rings (SSSR count). The van der Waals surface area contributed by atoms with E-state index in [1.807, 2.05) is 20.8 Å². The number of ether oxygens (including phenoxy) is 3. The predicted molar refractivity (Wildman–Crippen MR) is 183 cm³/mol. The maximum absolute atomic E-state index is 13.1. The van der Waals surface area contributed by atoms with Crippen molar-refractivity contribution in [3.63, 3.8) is 0 Å². The summed E-state index contributed by atoms with van der Waals surface area (Å²) < 4.78 is 17.7. The molecule has 0 unspecified atom stereocenters. The standard InChI is InChI=1S/C36H47N7O4/c1-24-10-8-11-25-12-9-13-31(32(24)25)41-15-14-29-30(22-41)38-34(46-23-26-18-28(45-7)21-40(26)6)39-33(29)42-16-17-43(27(20-42)19-37-5)35(44)47-36(2,3)4/h8-13,26-28H,14-23H2,1-4,6-7H3/t26-,27-,28+/m0/s1. The summed E-state index contributed by atoms with van der Waals surface area (Å²) in [7, 11) is 3.85. The molecule has 3 aromatic rings. The summed E-state index contributed by atoms with van der Waals surface area (Å²) in [6.07, 6.45) is 1.47. The van der Waals surface area contributed by atoms with Crippen LogP contribution in [0.15, 0.2) is 36.4 Å². The van der Waals surface area contributed by atoms with Crippen molar-refractivity contribution in [3.8, 4) is 6.01 Å². The Morgan fingerprint density at radius 2 is 1.83 bits per heavy atom. The number of aromatic nitrogens is 2. The molecular formula is C36H47N7O4. The minimum Gasteiger partial charge on any atom is -0.462 e. The number of hydrogen-bond acceptors (Lipinski definition) is 9. The first-order chi connectivity index (χ1) is 22.5. The number of likely N-dealkylation sites (tertiary alicyclic amines) is 1. The Bertz CT molecular complexity index is 1650. The molecule has 2 saturated heterocycles. The van der Waals surface area contributed by atoms with E-state index in [-0.39, 0.29) is 30.8 Å². The minimum atomic E-state index is -0.611. The number of likely N-dealkylation sites (N-methyl/N-ethyl adjacent to an activating group) is 1. The van der Waals surface area contributed by atoms with Gasteiger partial charge in [0.25, 0.3) is 0 Å². The number of methoxy groups -OCH3 is 1. The maximum Gasteiger partial charge on any atom is 0.410 e. The molecule has 1 aromatic heterocycles. The van der Waals surface area contributed by atoms with Crippen LogP contribution in [0.25, 0.3) is 15.6 Å². The van der Waals surface area contributed by atoms with Crippen LogP contribution in [-0.2, 0) is 22.4 Å². The Balaban J connectivity index is 1.31. The molecular weight excluding hydrogens is 594 g/mol. The van der Waals surface area contributed by atoms with Gasteiger partial charge in [0, 0.05) is 62.5 Å². The molecule has 11 nitrogen and oxygen atoms in total. The van der Waals surface area contributed by atoms with Gasteiger partial charge in [-0.25, -0.2) is 11.4 Å². The van der Waals surface area contributed by atoms with Gasteiger partial charge in [-0.1, -0.05) is 30.3 Å². The Hall–Kier alpha value is -4.14. The van der Waals surface area contributed by atoms with E-state index in [0.29, 0.717) is 38.8 Å². The second-order valence-corrected chi connectivity index (χ2v) is 14.0. The fraction of sp³-hybridized carbons (Fsp3) is 0.556. The van der Waals surface area contributed by atoms with Gasteiger partial charge in [0.1, 0.15) is 24.1 Å². The smallest absolute Gasteiger partial charge is 0.410 e. The van der Waals surface area contributed by atoms with Gasteiger partial charge in [-0.3, -0.25) is 9.80 Å². The molecule has 47 heavy (non-hydrogen) atoms. The van der Waals surface area contributed by atoms with E-state index >= 15 is 0 Å². The zero-order valence-electron chi connectivity index (χ0n) is 28.5. The maximum atomic E-state index is 13.1. The fourth-order valence-electron chi connectivity index (χ4n) is 7.12. The van der Waals surface area contributed by atoms with Crippen molar-refractivity contribution in [1.82, 2.24) is 19.8 Å². The number of carbonyl (C=O) groups is 1. The molecule has 3 atom stereocenters. The zero-order valence-corrected chi connectivity index (χ0v) is 28.5. The Morgan fingerprint density at radius 1 is 1.04 bits per heavy atom. The van der Waals surface area contributed by atoms with Crippen LogP contribution in [-0.4, -0.2) is 110 Å². The highest BCUT2D eigenvalue weighted by molar-refractivity contribution is 5.97. The lowest BCUT2D eigenvalue weighted by atomic mass is 9.99. The SMILES string of the molecule is [C-]#[N+]C[C@H]1CN(c2nc(OC[C@@H]3C[C@@H](OC)CN3C)nc3c2CCN(c2cccc4cccc(C)c24)C3)CCN1C(=O)OC(C)(C)C. The van der Waals surface area contributed by atoms with Crippen LogP contribution >= 0.6 is 0 Å². The van der Waals surface area contributed by atoms with E-state index in [1.165, 1.54) is 22.0 Å². The lowest BCUT2D eigenvalue weighted by Crippen LogP contribution is -2.57. The van der Waals surface area contributed by atoms with Crippen molar-refractivity contribution < 1.29 is 19.0 Å². The van der Waals surface area contributed by atoms with Crippen LogP contribution in [0.1, 0.15) is 44.0 Å². The molecule has 250 valence electrons. The van der Waals surface area contributed by atoms with Gasteiger partial charge in [0.2, 0.25) is 6.54 Å². The van der Waals surface area contributed by atoms with Gasteiger partial charge in [-0.2, -0.15) is 9.97 Å². The lowest BCUT2D eigenvalue weighted by Gasteiger charge is -2.41. The van der Waals surface area contributed by atoms with Crippen molar-refractivity contribution in [2.45, 2.75) is 70.9 Å². The summed E-state index contributed by atoms with van der Waals surface area (Å²) in [6.45, 7) is 19.9. The molecule has 3 aliphatic rings. The molecule has 4 heterocycles. The van der Waals surface area contributed by atoms with Crippen LogP contribution in [0.5, 0.6) is 6.01 Å². The first-order valence-electron chi connectivity index (χ1n) is 16.6. The molecule has 0 bridgehead atoms. The number of piperazine rings is 1. The molecule has 2 fully saturated rings. The second-order valence-electron chi connectivity index (χ2n) is 14.0. The van der Waals surface area contributed by atoms with E-state index in [2.05, 4.69) is 69.9 Å². The first kappa shape index (κ1) is 32.8. The number of anilines is 2. The highest BCUT2D eigenvalue weighted by Crippen LogP contribution is 2.36. The van der Waals surface area contributed by atoms with Gasteiger partial charge in [0.15, 0.2) is 0 Å². The van der Waals surface area contributed by atoms with Crippen LogP contribution in [0, 0.1) is 13.5 Å². The highest BCUT2D eigenvalue weighted by Gasteiger charge is 2.38. The average molecular weight is 642 g/mol. The van der Waals surface area contributed by atoms with Gasteiger partial charge < -0.3 is 28.9 Å². The predicted octanol–water partition coefficient (Wildman–Crippen LogP) is 4.94. The zero-order chi connectivity index (χ0) is 33.3. The number of carbonyl (C=O) groups excluding carboxylic acids is 1. The third-order valence-corrected chi connectivity index (χ3v) is 9.55. The minimum absolute atomic E-state index is 0.187. The van der Waals surface area contributed by atoms with Crippen molar-refractivity contribution in [3.05, 3.63) is 64.6 Å². The van der Waals surface area contributed by atoms with Crippen LogP contribution in [0.3, 0.4) is 0 Å². The second kappa shape index (κ2) is 13.5. The highest BCUT2D eigenvalue weighted by atomic mass is 16.6. The number of benzene rings is 2. The molecule has 2 aromatic carbocycles. The summed E-state index contributed by atoms with van der Waals surface area (Å²) in [5.41, 5.74) is 3.90. The Morgan fingerprint density at radius 3 is 2.55 bits per heavy atom. The molecule has 3 aliphatic heterocycles. The van der Waals surface area contributed by atoms with E-state index in [1.54, 1.807) is 12.0 Å². The van der Waals surface area contributed by atoms with Crippen LogP contribution < -0.4 is 14.5 Å². The third kappa shape index (κ3) is 7.09. The Kier molecular flexibility index (Phi) is 9.44. The summed E-state index contributed by atoms with van der Waals surface area (Å²) >= 11 is 0.